The molecular weight excluding hydrogens is 436 g/mol. The molecule has 2 aliphatic heterocycles. The van der Waals surface area contributed by atoms with Crippen molar-refractivity contribution in [1.82, 2.24) is 10.6 Å². The Bertz CT molecular complexity index is 814. The number of carbonyl (C=O) groups is 3. The van der Waals surface area contributed by atoms with E-state index in [1.165, 1.54) is 18.4 Å². The van der Waals surface area contributed by atoms with E-state index in [2.05, 4.69) is 46.7 Å². The number of aryl methyl sites for hydroxylation is 1. The maximum atomic E-state index is 12.3. The molecule has 3 rings (SSSR count). The number of fused-ring (bicyclic) bond motifs is 2. The summed E-state index contributed by atoms with van der Waals surface area (Å²) in [6.45, 7) is 0.695. The first kappa shape index (κ1) is 25.3. The summed E-state index contributed by atoms with van der Waals surface area (Å²) in [5.74, 6) is 0.0667. The summed E-state index contributed by atoms with van der Waals surface area (Å²) in [4.78, 5) is 35.0. The lowest BCUT2D eigenvalue weighted by Gasteiger charge is -2.29. The second-order valence-corrected chi connectivity index (χ2v) is 10.5. The quantitative estimate of drug-likeness (QED) is 0.281. The van der Waals surface area contributed by atoms with E-state index < -0.39 is 5.97 Å². The number of carboxylic acids is 1. The molecule has 0 aliphatic carbocycles. The molecule has 180 valence electrons. The zero-order valence-electron chi connectivity index (χ0n) is 19.2. The van der Waals surface area contributed by atoms with Crippen molar-refractivity contribution in [2.45, 2.75) is 68.3 Å². The monoisotopic (exact) mass is 472 g/mol. The highest BCUT2D eigenvalue weighted by Gasteiger charge is 2.47. The molecule has 7 heteroatoms. The Hall–Kier alpha value is -2.28. The molecule has 2 saturated heterocycles. The first-order valence-corrected chi connectivity index (χ1v) is 13.1. The van der Waals surface area contributed by atoms with E-state index in [-0.39, 0.29) is 24.8 Å². The van der Waals surface area contributed by atoms with Gasteiger partial charge in [-0.1, -0.05) is 42.5 Å². The molecule has 6 nitrogen and oxygen atoms in total. The normalized spacial score (nSPS) is 23.6. The van der Waals surface area contributed by atoms with Gasteiger partial charge in [0.2, 0.25) is 11.8 Å². The fourth-order valence-electron chi connectivity index (χ4n) is 4.88. The summed E-state index contributed by atoms with van der Waals surface area (Å²) in [7, 11) is 0. The van der Waals surface area contributed by atoms with Crippen LogP contribution in [-0.2, 0) is 20.8 Å². The maximum absolute atomic E-state index is 12.3. The third kappa shape index (κ3) is 8.54. The van der Waals surface area contributed by atoms with Crippen LogP contribution in [0.5, 0.6) is 0 Å². The van der Waals surface area contributed by atoms with Gasteiger partial charge in [-0.25, -0.2) is 0 Å². The Morgan fingerprint density at radius 3 is 2.45 bits per heavy atom. The second kappa shape index (κ2) is 13.4. The zero-order chi connectivity index (χ0) is 23.5. The number of amides is 2. The van der Waals surface area contributed by atoms with Gasteiger partial charge in [0, 0.05) is 29.9 Å². The lowest BCUT2D eigenvalue weighted by Crippen LogP contribution is -2.42. The van der Waals surface area contributed by atoms with Crippen LogP contribution in [0.3, 0.4) is 0 Å². The van der Waals surface area contributed by atoms with E-state index >= 15 is 0 Å². The van der Waals surface area contributed by atoms with Crippen molar-refractivity contribution in [3.05, 3.63) is 48.0 Å². The largest absolute Gasteiger partial charge is 0.481 e. The average Bonchev–Trinajstić information content (AvgIpc) is 3.41. The second-order valence-electron chi connectivity index (χ2n) is 9.03. The van der Waals surface area contributed by atoms with Crippen molar-refractivity contribution in [1.29, 1.82) is 0 Å². The predicted octanol–water partition coefficient (Wildman–Crippen LogP) is 3.95. The molecule has 33 heavy (non-hydrogen) atoms. The van der Waals surface area contributed by atoms with Gasteiger partial charge in [-0.05, 0) is 62.3 Å². The molecule has 0 radical (unpaired) electrons. The zero-order valence-corrected chi connectivity index (χ0v) is 20.0. The van der Waals surface area contributed by atoms with Crippen molar-refractivity contribution in [3.8, 4) is 0 Å². The standard InChI is InChI=1S/C26H36N2O4S/c29-24(13-8-11-19-9-4-3-5-10-19)28-18-25(30)27-17-21-20(22-15-16-23(21)33-22)12-6-1-2-7-14-26(31)32/h1,3-6,9-10,20-23H,2,7-8,11-18H2,(H,27,30)(H,28,29)(H,31,32)/b6-1-. The number of allylic oxidation sites excluding steroid dienone is 2. The van der Waals surface area contributed by atoms with Crippen molar-refractivity contribution in [2.75, 3.05) is 13.1 Å². The van der Waals surface area contributed by atoms with Crippen molar-refractivity contribution < 1.29 is 19.5 Å². The van der Waals surface area contributed by atoms with E-state index in [1.54, 1.807) is 0 Å². The average molecular weight is 473 g/mol. The Morgan fingerprint density at radius 1 is 0.939 bits per heavy atom. The fraction of sp³-hybridized carbons (Fsp3) is 0.577. The Morgan fingerprint density at radius 2 is 1.70 bits per heavy atom. The van der Waals surface area contributed by atoms with Crippen LogP contribution in [-0.4, -0.2) is 46.5 Å². The minimum atomic E-state index is -0.743. The molecule has 0 saturated carbocycles. The number of thioether (sulfide) groups is 1. The van der Waals surface area contributed by atoms with E-state index in [4.69, 9.17) is 5.11 Å². The smallest absolute Gasteiger partial charge is 0.303 e. The van der Waals surface area contributed by atoms with Gasteiger partial charge in [0.15, 0.2) is 0 Å². The van der Waals surface area contributed by atoms with E-state index in [0.29, 0.717) is 41.7 Å². The van der Waals surface area contributed by atoms with Gasteiger partial charge in [-0.15, -0.1) is 0 Å². The summed E-state index contributed by atoms with van der Waals surface area (Å²) < 4.78 is 0. The van der Waals surface area contributed by atoms with Crippen LogP contribution in [0.25, 0.3) is 0 Å². The first-order chi connectivity index (χ1) is 16.0. The third-order valence-corrected chi connectivity index (χ3v) is 8.49. The highest BCUT2D eigenvalue weighted by atomic mass is 32.2. The molecule has 3 N–H and O–H groups in total. The molecule has 2 bridgehead atoms. The molecule has 2 amide bonds. The fourth-order valence-corrected chi connectivity index (χ4v) is 6.89. The van der Waals surface area contributed by atoms with E-state index in [9.17, 15) is 14.4 Å². The minimum Gasteiger partial charge on any atom is -0.481 e. The van der Waals surface area contributed by atoms with Gasteiger partial charge in [0.25, 0.3) is 0 Å². The summed E-state index contributed by atoms with van der Waals surface area (Å²) >= 11 is 2.06. The predicted molar refractivity (Wildman–Crippen MR) is 132 cm³/mol. The topological polar surface area (TPSA) is 95.5 Å². The van der Waals surface area contributed by atoms with E-state index in [0.717, 1.165) is 25.7 Å². The molecule has 2 heterocycles. The lowest BCUT2D eigenvalue weighted by molar-refractivity contribution is -0.137. The molecule has 0 aromatic heterocycles. The molecule has 2 fully saturated rings. The molecule has 1 aromatic carbocycles. The minimum absolute atomic E-state index is 0.0340. The van der Waals surface area contributed by atoms with Gasteiger partial charge in [0.1, 0.15) is 0 Å². The Labute approximate surface area is 201 Å². The van der Waals surface area contributed by atoms with Crippen LogP contribution in [0, 0.1) is 11.8 Å². The van der Waals surface area contributed by atoms with Crippen molar-refractivity contribution in [3.63, 3.8) is 0 Å². The number of nitrogens with one attached hydrogen (secondary N) is 2. The number of hydrogen-bond acceptors (Lipinski definition) is 4. The lowest BCUT2D eigenvalue weighted by atomic mass is 9.77. The van der Waals surface area contributed by atoms with Gasteiger partial charge in [-0.2, -0.15) is 11.8 Å². The number of rotatable bonds is 14. The van der Waals surface area contributed by atoms with Crippen LogP contribution in [0.15, 0.2) is 42.5 Å². The SMILES string of the molecule is O=C(O)CCC/C=C\CC1C2CCC(S2)C1CNC(=O)CNC(=O)CCCc1ccccc1. The molecule has 2 aliphatic rings. The third-order valence-electron chi connectivity index (χ3n) is 6.62. The van der Waals surface area contributed by atoms with E-state index in [1.807, 2.05) is 18.2 Å². The summed E-state index contributed by atoms with van der Waals surface area (Å²) in [6.07, 6.45) is 11.5. The van der Waals surface area contributed by atoms with Gasteiger partial charge >= 0.3 is 5.97 Å². The highest BCUT2D eigenvalue weighted by molar-refractivity contribution is 8.01. The summed E-state index contributed by atoms with van der Waals surface area (Å²) in [5.41, 5.74) is 1.22. The van der Waals surface area contributed by atoms with Crippen LogP contribution in [0.4, 0.5) is 0 Å². The van der Waals surface area contributed by atoms with Crippen LogP contribution >= 0.6 is 11.8 Å². The highest BCUT2D eigenvalue weighted by Crippen LogP contribution is 2.54. The van der Waals surface area contributed by atoms with Gasteiger partial charge in [-0.3, -0.25) is 14.4 Å². The van der Waals surface area contributed by atoms with Gasteiger partial charge < -0.3 is 15.7 Å². The summed E-state index contributed by atoms with van der Waals surface area (Å²) in [5, 5.41) is 15.8. The van der Waals surface area contributed by atoms with Crippen LogP contribution in [0.1, 0.15) is 56.9 Å². The maximum Gasteiger partial charge on any atom is 0.303 e. The Balaban J connectivity index is 1.32. The van der Waals surface area contributed by atoms with Crippen LogP contribution < -0.4 is 10.6 Å². The molecule has 4 atom stereocenters. The Kier molecular flexibility index (Phi) is 10.3. The van der Waals surface area contributed by atoms with Crippen molar-refractivity contribution in [2.24, 2.45) is 11.8 Å². The molecule has 0 spiro atoms. The first-order valence-electron chi connectivity index (χ1n) is 12.1. The van der Waals surface area contributed by atoms with Crippen molar-refractivity contribution >= 4 is 29.5 Å². The number of carboxylic acid groups (broad SMARTS) is 1. The molecular formula is C26H36N2O4S. The molecule has 4 unspecified atom stereocenters. The number of hydrogen-bond donors (Lipinski definition) is 3. The molecule has 1 aromatic rings. The van der Waals surface area contributed by atoms with Crippen LogP contribution in [0.2, 0.25) is 0 Å². The number of benzene rings is 1. The number of carbonyl (C=O) groups excluding carboxylic acids is 2. The van der Waals surface area contributed by atoms with Gasteiger partial charge in [0.05, 0.1) is 6.54 Å². The number of aliphatic carboxylic acids is 1. The number of unbranched alkanes of at least 4 members (excludes halogenated alkanes) is 1. The summed E-state index contributed by atoms with van der Waals surface area (Å²) in [6, 6.07) is 10.1.